The lowest BCUT2D eigenvalue weighted by atomic mass is 10.0. The Morgan fingerprint density at radius 3 is 2.57 bits per heavy atom. The minimum atomic E-state index is -0.181. The van der Waals surface area contributed by atoms with E-state index in [1.807, 2.05) is 39.0 Å². The standard InChI is InChI=1S/C16H21N3O2/c1-11-5-4-6-12(2)15(11)9-19-16(20)7-14(8-18-19)21-10-13(3)17/h4-8,13H,9-10,17H2,1-3H3. The van der Waals surface area contributed by atoms with Crippen LogP contribution in [0.1, 0.15) is 23.6 Å². The Kier molecular flexibility index (Phi) is 4.75. The van der Waals surface area contributed by atoms with Crippen LogP contribution in [0.3, 0.4) is 0 Å². The smallest absolute Gasteiger partial charge is 0.270 e. The maximum Gasteiger partial charge on any atom is 0.270 e. The molecule has 5 heteroatoms. The van der Waals surface area contributed by atoms with Gasteiger partial charge in [-0.2, -0.15) is 5.10 Å². The van der Waals surface area contributed by atoms with Gasteiger partial charge in [-0.1, -0.05) is 18.2 Å². The Bertz CT molecular complexity index is 657. The maximum atomic E-state index is 12.1. The summed E-state index contributed by atoms with van der Waals surface area (Å²) < 4.78 is 6.84. The minimum absolute atomic E-state index is 0.0814. The number of rotatable bonds is 5. The molecule has 2 rings (SSSR count). The summed E-state index contributed by atoms with van der Waals surface area (Å²) in [4.78, 5) is 12.1. The molecule has 0 saturated carbocycles. The molecule has 21 heavy (non-hydrogen) atoms. The van der Waals surface area contributed by atoms with Crippen LogP contribution in [0.4, 0.5) is 0 Å². The Morgan fingerprint density at radius 2 is 2.00 bits per heavy atom. The number of benzene rings is 1. The summed E-state index contributed by atoms with van der Waals surface area (Å²) >= 11 is 0. The summed E-state index contributed by atoms with van der Waals surface area (Å²) in [6, 6.07) is 7.45. The normalized spacial score (nSPS) is 12.2. The van der Waals surface area contributed by atoms with Gasteiger partial charge in [0.25, 0.3) is 5.56 Å². The van der Waals surface area contributed by atoms with Crippen LogP contribution in [0.15, 0.2) is 35.3 Å². The summed E-state index contributed by atoms with van der Waals surface area (Å²) in [6.07, 6.45) is 1.55. The number of nitrogens with zero attached hydrogens (tertiary/aromatic N) is 2. The van der Waals surface area contributed by atoms with Gasteiger partial charge in [0.2, 0.25) is 0 Å². The van der Waals surface area contributed by atoms with E-state index in [1.165, 1.54) is 10.7 Å². The monoisotopic (exact) mass is 287 g/mol. The predicted molar refractivity (Wildman–Crippen MR) is 82.7 cm³/mol. The minimum Gasteiger partial charge on any atom is -0.490 e. The Hall–Kier alpha value is -2.14. The Labute approximate surface area is 124 Å². The van der Waals surface area contributed by atoms with Crippen LogP contribution < -0.4 is 16.0 Å². The molecule has 0 aliphatic heterocycles. The summed E-state index contributed by atoms with van der Waals surface area (Å²) in [6.45, 7) is 6.74. The highest BCUT2D eigenvalue weighted by Gasteiger charge is 2.07. The lowest BCUT2D eigenvalue weighted by Crippen LogP contribution is -2.26. The van der Waals surface area contributed by atoms with Gasteiger partial charge in [0.05, 0.1) is 12.7 Å². The molecule has 0 amide bonds. The topological polar surface area (TPSA) is 70.1 Å². The van der Waals surface area contributed by atoms with Gasteiger partial charge >= 0.3 is 0 Å². The zero-order valence-corrected chi connectivity index (χ0v) is 12.7. The lowest BCUT2D eigenvalue weighted by Gasteiger charge is -2.12. The third-order valence-electron chi connectivity index (χ3n) is 3.31. The highest BCUT2D eigenvalue weighted by atomic mass is 16.5. The van der Waals surface area contributed by atoms with Crippen molar-refractivity contribution in [1.29, 1.82) is 0 Å². The van der Waals surface area contributed by atoms with Crippen molar-refractivity contribution >= 4 is 0 Å². The van der Waals surface area contributed by atoms with Crippen molar-refractivity contribution in [3.63, 3.8) is 0 Å². The molecule has 1 unspecified atom stereocenters. The number of aryl methyl sites for hydroxylation is 2. The molecule has 0 saturated heterocycles. The summed E-state index contributed by atoms with van der Waals surface area (Å²) in [5.41, 5.74) is 8.86. The molecular weight excluding hydrogens is 266 g/mol. The number of ether oxygens (including phenoxy) is 1. The van der Waals surface area contributed by atoms with Crippen molar-refractivity contribution in [3.05, 3.63) is 57.5 Å². The first-order valence-electron chi connectivity index (χ1n) is 6.98. The predicted octanol–water partition coefficient (Wildman–Crippen LogP) is 1.63. The van der Waals surface area contributed by atoms with E-state index >= 15 is 0 Å². The SMILES string of the molecule is Cc1cccc(C)c1Cn1ncc(OCC(C)N)cc1=O. The van der Waals surface area contributed by atoms with Gasteiger partial charge in [-0.25, -0.2) is 4.68 Å². The molecule has 5 nitrogen and oxygen atoms in total. The van der Waals surface area contributed by atoms with Crippen molar-refractivity contribution in [1.82, 2.24) is 9.78 Å². The van der Waals surface area contributed by atoms with E-state index in [4.69, 9.17) is 10.5 Å². The van der Waals surface area contributed by atoms with E-state index in [-0.39, 0.29) is 11.6 Å². The number of nitrogens with two attached hydrogens (primary N) is 1. The molecule has 112 valence electrons. The molecule has 2 N–H and O–H groups in total. The molecule has 0 bridgehead atoms. The van der Waals surface area contributed by atoms with Crippen molar-refractivity contribution < 1.29 is 4.74 Å². The third kappa shape index (κ3) is 3.92. The Morgan fingerprint density at radius 1 is 1.33 bits per heavy atom. The molecule has 1 heterocycles. The Balaban J connectivity index is 2.20. The van der Waals surface area contributed by atoms with Crippen LogP contribution in [-0.2, 0) is 6.54 Å². The van der Waals surface area contributed by atoms with Crippen LogP contribution in [0.5, 0.6) is 5.75 Å². The molecule has 1 aromatic carbocycles. The van der Waals surface area contributed by atoms with Crippen molar-refractivity contribution in [2.45, 2.75) is 33.4 Å². The fourth-order valence-electron chi connectivity index (χ4n) is 2.09. The van der Waals surface area contributed by atoms with Gasteiger partial charge in [0.15, 0.2) is 0 Å². The largest absolute Gasteiger partial charge is 0.490 e. The van der Waals surface area contributed by atoms with E-state index in [0.717, 1.165) is 16.7 Å². The first-order valence-corrected chi connectivity index (χ1v) is 6.98. The van der Waals surface area contributed by atoms with E-state index in [9.17, 15) is 4.79 Å². The molecular formula is C16H21N3O2. The second-order valence-corrected chi connectivity index (χ2v) is 5.35. The number of hydrogen-bond donors (Lipinski definition) is 1. The molecule has 1 aromatic heterocycles. The fraction of sp³-hybridized carbons (Fsp3) is 0.375. The first kappa shape index (κ1) is 15.3. The van der Waals surface area contributed by atoms with Gasteiger partial charge in [-0.3, -0.25) is 4.79 Å². The van der Waals surface area contributed by atoms with Crippen LogP contribution in [-0.4, -0.2) is 22.4 Å². The van der Waals surface area contributed by atoms with Crippen molar-refractivity contribution in [3.8, 4) is 5.75 Å². The average Bonchev–Trinajstić information content (AvgIpc) is 2.42. The van der Waals surface area contributed by atoms with E-state index in [2.05, 4.69) is 5.10 Å². The summed E-state index contributed by atoms with van der Waals surface area (Å²) in [5, 5.41) is 4.17. The van der Waals surface area contributed by atoms with Crippen LogP contribution >= 0.6 is 0 Å². The second kappa shape index (κ2) is 6.54. The van der Waals surface area contributed by atoms with E-state index in [0.29, 0.717) is 18.9 Å². The quantitative estimate of drug-likeness (QED) is 0.907. The van der Waals surface area contributed by atoms with E-state index < -0.39 is 0 Å². The molecule has 0 fully saturated rings. The summed E-state index contributed by atoms with van der Waals surface area (Å²) in [7, 11) is 0. The second-order valence-electron chi connectivity index (χ2n) is 5.35. The maximum absolute atomic E-state index is 12.1. The van der Waals surface area contributed by atoms with Gasteiger partial charge in [0, 0.05) is 12.1 Å². The third-order valence-corrected chi connectivity index (χ3v) is 3.31. The average molecular weight is 287 g/mol. The molecule has 2 aromatic rings. The van der Waals surface area contributed by atoms with Gasteiger partial charge < -0.3 is 10.5 Å². The zero-order chi connectivity index (χ0) is 15.4. The van der Waals surface area contributed by atoms with Crippen molar-refractivity contribution in [2.75, 3.05) is 6.61 Å². The molecule has 0 spiro atoms. The first-order chi connectivity index (χ1) is 9.97. The van der Waals surface area contributed by atoms with Crippen LogP contribution in [0.2, 0.25) is 0 Å². The van der Waals surface area contributed by atoms with Crippen LogP contribution in [0.25, 0.3) is 0 Å². The number of hydrogen-bond acceptors (Lipinski definition) is 4. The van der Waals surface area contributed by atoms with Gasteiger partial charge in [-0.15, -0.1) is 0 Å². The number of aromatic nitrogens is 2. The van der Waals surface area contributed by atoms with Crippen molar-refractivity contribution in [2.24, 2.45) is 5.73 Å². The molecule has 0 radical (unpaired) electrons. The van der Waals surface area contributed by atoms with Crippen LogP contribution in [0, 0.1) is 13.8 Å². The highest BCUT2D eigenvalue weighted by molar-refractivity contribution is 5.33. The molecule has 0 aliphatic rings. The fourth-order valence-corrected chi connectivity index (χ4v) is 2.09. The van der Waals surface area contributed by atoms with Gasteiger partial charge in [-0.05, 0) is 37.5 Å². The lowest BCUT2D eigenvalue weighted by molar-refractivity contribution is 0.293. The van der Waals surface area contributed by atoms with Gasteiger partial charge in [0.1, 0.15) is 12.4 Å². The van der Waals surface area contributed by atoms with E-state index in [1.54, 1.807) is 6.20 Å². The molecule has 0 aliphatic carbocycles. The molecule has 1 atom stereocenters. The zero-order valence-electron chi connectivity index (χ0n) is 12.7. The highest BCUT2D eigenvalue weighted by Crippen LogP contribution is 2.14. The summed E-state index contributed by atoms with van der Waals surface area (Å²) in [5.74, 6) is 0.454.